The third kappa shape index (κ3) is 13.0. The average Bonchev–Trinajstić information content (AvgIpc) is 3.17. The predicted molar refractivity (Wildman–Crippen MR) is 223 cm³/mol. The van der Waals surface area contributed by atoms with E-state index in [1.165, 1.54) is 50.2 Å². The predicted octanol–water partition coefficient (Wildman–Crippen LogP) is 5.56. The summed E-state index contributed by atoms with van der Waals surface area (Å²) in [4.78, 5) is 38.4. The Morgan fingerprint density at radius 3 is 2.35 bits per heavy atom. The van der Waals surface area contributed by atoms with Gasteiger partial charge in [0.1, 0.15) is 11.3 Å². The third-order valence-corrected chi connectivity index (χ3v) is 10.5. The Hall–Kier alpha value is -4.43. The first-order valence-corrected chi connectivity index (χ1v) is 19.3. The number of carbonyl (C=O) groups excluding carboxylic acids is 2. The molecule has 8 atom stereocenters. The van der Waals surface area contributed by atoms with Crippen LogP contribution in [0.2, 0.25) is 0 Å². The SMILES string of the molecule is C/C=C\C=C\C1OC(OC)(C(CC)C(=O)NC/C=C/C=C(\C)C(OC)C(C)C(O)C(O)/C=C/C=C/C=C/C=C(\C)C(=O)c2c(O)ccn(C)c2=O)CC(O)C1(C)C. The number of rotatable bonds is 20. The molecule has 0 aliphatic carbocycles. The van der Waals surface area contributed by atoms with Crippen LogP contribution in [0.3, 0.4) is 0 Å². The molecule has 1 aliphatic heterocycles. The van der Waals surface area contributed by atoms with Gasteiger partial charge in [0.15, 0.2) is 11.6 Å². The van der Waals surface area contributed by atoms with Crippen molar-refractivity contribution in [2.75, 3.05) is 20.8 Å². The lowest BCUT2D eigenvalue weighted by Crippen LogP contribution is -2.61. The number of aliphatic hydroxyl groups excluding tert-OH is 3. The molecule has 8 unspecified atom stereocenters. The van der Waals surface area contributed by atoms with Crippen molar-refractivity contribution in [1.82, 2.24) is 9.88 Å². The van der Waals surface area contributed by atoms with Crippen LogP contribution in [-0.4, -0.2) is 93.8 Å². The second-order valence-electron chi connectivity index (χ2n) is 14.9. The Kier molecular flexibility index (Phi) is 19.7. The largest absolute Gasteiger partial charge is 0.507 e. The van der Waals surface area contributed by atoms with Crippen LogP contribution in [0, 0.1) is 17.3 Å². The van der Waals surface area contributed by atoms with Crippen molar-refractivity contribution in [3.05, 3.63) is 124 Å². The smallest absolute Gasteiger partial charge is 0.265 e. The van der Waals surface area contributed by atoms with Gasteiger partial charge in [-0.05, 0) is 44.4 Å². The van der Waals surface area contributed by atoms with Gasteiger partial charge in [0.25, 0.3) is 5.56 Å². The molecule has 0 radical (unpaired) electrons. The number of aromatic hydroxyl groups is 1. The second-order valence-corrected chi connectivity index (χ2v) is 14.9. The number of aromatic nitrogens is 1. The number of aryl methyl sites for hydroxylation is 1. The summed E-state index contributed by atoms with van der Waals surface area (Å²) in [6.07, 6.45) is 21.9. The van der Waals surface area contributed by atoms with Crippen LogP contribution in [-0.2, 0) is 26.1 Å². The van der Waals surface area contributed by atoms with E-state index in [4.69, 9.17) is 14.2 Å². The lowest BCUT2D eigenvalue weighted by molar-refractivity contribution is -0.324. The first-order valence-electron chi connectivity index (χ1n) is 19.3. The summed E-state index contributed by atoms with van der Waals surface area (Å²) in [5.74, 6) is -3.68. The molecule has 1 amide bonds. The number of ketones is 1. The Balaban J connectivity index is 1.98. The molecule has 1 aliphatic rings. The molecule has 1 fully saturated rings. The van der Waals surface area contributed by atoms with Crippen molar-refractivity contribution in [1.29, 1.82) is 0 Å². The minimum Gasteiger partial charge on any atom is -0.507 e. The Morgan fingerprint density at radius 1 is 1.05 bits per heavy atom. The van der Waals surface area contributed by atoms with Crippen molar-refractivity contribution >= 4 is 11.7 Å². The molecule has 0 spiro atoms. The van der Waals surface area contributed by atoms with Crippen molar-refractivity contribution in [3.8, 4) is 5.75 Å². The summed E-state index contributed by atoms with van der Waals surface area (Å²) in [5.41, 5.74) is -0.403. The van der Waals surface area contributed by atoms with Crippen LogP contribution in [0.4, 0.5) is 0 Å². The maximum atomic E-state index is 13.5. The van der Waals surface area contributed by atoms with E-state index in [-0.39, 0.29) is 35.8 Å². The van der Waals surface area contributed by atoms with Gasteiger partial charge in [-0.1, -0.05) is 113 Å². The summed E-state index contributed by atoms with van der Waals surface area (Å²) in [6.45, 7) is 13.1. The van der Waals surface area contributed by atoms with Crippen molar-refractivity contribution in [2.45, 2.75) is 97.6 Å². The number of nitrogens with one attached hydrogen (secondary N) is 1. The molecule has 1 aromatic rings. The molecule has 314 valence electrons. The highest BCUT2D eigenvalue weighted by Gasteiger charge is 2.55. The topological polar surface area (TPSA) is 177 Å². The zero-order valence-electron chi connectivity index (χ0n) is 35.1. The molecule has 12 heteroatoms. The van der Waals surface area contributed by atoms with Crippen LogP contribution in [0.25, 0.3) is 0 Å². The summed E-state index contributed by atoms with van der Waals surface area (Å²) in [6, 6.07) is 1.29. The minimum absolute atomic E-state index is 0.145. The van der Waals surface area contributed by atoms with Gasteiger partial charge in [0, 0.05) is 51.8 Å². The molecule has 57 heavy (non-hydrogen) atoms. The van der Waals surface area contributed by atoms with E-state index in [2.05, 4.69) is 5.32 Å². The Bertz CT molecular complexity index is 1800. The van der Waals surface area contributed by atoms with Gasteiger partial charge in [-0.2, -0.15) is 0 Å². The van der Waals surface area contributed by atoms with E-state index in [0.717, 1.165) is 5.57 Å². The number of allylic oxidation sites excluding steroid dienone is 12. The fourth-order valence-electron chi connectivity index (χ4n) is 6.66. The van der Waals surface area contributed by atoms with Crippen LogP contribution in [0.5, 0.6) is 5.75 Å². The Morgan fingerprint density at radius 2 is 1.72 bits per heavy atom. The lowest BCUT2D eigenvalue weighted by Gasteiger charge is -2.52. The summed E-state index contributed by atoms with van der Waals surface area (Å²) in [5, 5.41) is 45.7. The summed E-state index contributed by atoms with van der Waals surface area (Å²) < 4.78 is 19.3. The van der Waals surface area contributed by atoms with Crippen molar-refractivity contribution < 1.29 is 44.2 Å². The summed E-state index contributed by atoms with van der Waals surface area (Å²) in [7, 11) is 4.52. The summed E-state index contributed by atoms with van der Waals surface area (Å²) >= 11 is 0. The normalized spacial score (nSPS) is 23.6. The third-order valence-electron chi connectivity index (χ3n) is 10.5. The fourth-order valence-corrected chi connectivity index (χ4v) is 6.66. The van der Waals surface area contributed by atoms with Gasteiger partial charge in [-0.3, -0.25) is 14.4 Å². The van der Waals surface area contributed by atoms with Gasteiger partial charge in [-0.15, -0.1) is 0 Å². The quantitative estimate of drug-likeness (QED) is 0.0639. The lowest BCUT2D eigenvalue weighted by atomic mass is 9.72. The fraction of sp³-hybridized carbons (Fsp3) is 0.489. The van der Waals surface area contributed by atoms with Crippen molar-refractivity contribution in [2.24, 2.45) is 24.3 Å². The van der Waals surface area contributed by atoms with Crippen molar-refractivity contribution in [3.63, 3.8) is 0 Å². The molecular weight excluding hydrogens is 728 g/mol. The van der Waals surface area contributed by atoms with E-state index < -0.39 is 64.9 Å². The molecule has 12 nitrogen and oxygen atoms in total. The number of methoxy groups -OCH3 is 2. The number of hydrogen-bond acceptors (Lipinski definition) is 10. The molecule has 5 N–H and O–H groups in total. The molecule has 0 bridgehead atoms. The maximum Gasteiger partial charge on any atom is 0.265 e. The Labute approximate surface area is 337 Å². The molecule has 0 aromatic carbocycles. The number of amides is 1. The van der Waals surface area contributed by atoms with E-state index in [0.29, 0.717) is 6.42 Å². The molecule has 2 rings (SSSR count). The number of pyridine rings is 1. The number of Topliss-reactive ketones (excluding diaryl/α,β-unsaturated/α-hetero) is 1. The number of carbonyl (C=O) groups is 2. The monoisotopic (exact) mass is 792 g/mol. The first kappa shape index (κ1) is 48.7. The highest BCUT2D eigenvalue weighted by atomic mass is 16.7. The highest BCUT2D eigenvalue weighted by Crippen LogP contribution is 2.46. The van der Waals surface area contributed by atoms with E-state index in [1.807, 2.05) is 65.0 Å². The van der Waals surface area contributed by atoms with E-state index in [9.17, 15) is 34.8 Å². The van der Waals surface area contributed by atoms with Crippen LogP contribution >= 0.6 is 0 Å². The molecular formula is C45H64N2O10. The van der Waals surface area contributed by atoms with E-state index >= 15 is 0 Å². The van der Waals surface area contributed by atoms with Crippen LogP contribution in [0.1, 0.15) is 71.7 Å². The standard InChI is InChI=1S/C45H64N2O10/c1-11-13-17-25-37-44(6,7)36(50)29-45(56-10,57-37)33(12-2)42(53)46-27-21-20-23-31(4)41(55-9)32(5)40(52)35(49)24-19-16-14-15-18-22-30(3)39(51)38-34(48)26-28-47(8)43(38)54/h11,13-26,28,32-33,35-37,40-41,48-50,52H,12,27,29H2,1-10H3,(H,46,53)/b13-11-,16-14+,18-15+,21-20+,24-19+,25-17+,30-22+,31-23+. The van der Waals surface area contributed by atoms with Crippen LogP contribution < -0.4 is 10.9 Å². The second kappa shape index (κ2) is 23.1. The molecule has 1 aromatic heterocycles. The zero-order valence-corrected chi connectivity index (χ0v) is 35.1. The maximum absolute atomic E-state index is 13.5. The molecule has 0 saturated carbocycles. The molecule has 2 heterocycles. The zero-order chi connectivity index (χ0) is 42.9. The highest BCUT2D eigenvalue weighted by molar-refractivity contribution is 6.09. The van der Waals surface area contributed by atoms with Gasteiger partial charge >= 0.3 is 0 Å². The number of hydrogen-bond donors (Lipinski definition) is 5. The van der Waals surface area contributed by atoms with Gasteiger partial charge in [-0.25, -0.2) is 0 Å². The number of aliphatic hydroxyl groups is 3. The number of nitrogens with zero attached hydrogens (tertiary/aromatic N) is 1. The first-order chi connectivity index (χ1) is 26.9. The minimum atomic E-state index is -1.31. The van der Waals surface area contributed by atoms with Gasteiger partial charge < -0.3 is 44.5 Å². The average molecular weight is 793 g/mol. The van der Waals surface area contributed by atoms with E-state index in [1.54, 1.807) is 56.4 Å². The number of ether oxygens (including phenoxy) is 3. The van der Waals surface area contributed by atoms with Gasteiger partial charge in [0.05, 0.1) is 36.4 Å². The molecule has 1 saturated heterocycles. The van der Waals surface area contributed by atoms with Gasteiger partial charge in [0.2, 0.25) is 5.91 Å². The van der Waals surface area contributed by atoms with Crippen LogP contribution in [0.15, 0.2) is 113 Å².